The maximum absolute atomic E-state index is 11.3. The predicted octanol–water partition coefficient (Wildman–Crippen LogP) is -0.656. The molecule has 0 heterocycles. The first kappa shape index (κ1) is 12.0. The number of hydrogen-bond donors (Lipinski definition) is 3. The summed E-state index contributed by atoms with van der Waals surface area (Å²) in [6.45, 7) is -0.345. The molecule has 1 aromatic rings. The summed E-state index contributed by atoms with van der Waals surface area (Å²) in [6.07, 6.45) is 0.129. The molecule has 6 heteroatoms. The number of hydrogen-bond acceptors (Lipinski definition) is 4. The molecule has 0 saturated heterocycles. The van der Waals surface area contributed by atoms with Crippen molar-refractivity contribution >= 4 is 17.5 Å². The molecule has 0 aliphatic heterocycles. The average Bonchev–Trinajstić information content (AvgIpc) is 2.16. The minimum absolute atomic E-state index is 0.129. The number of anilines is 1. The predicted molar refractivity (Wildman–Crippen MR) is 57.8 cm³/mol. The first-order valence-corrected chi connectivity index (χ1v) is 4.61. The molecule has 0 bridgehead atoms. The van der Waals surface area contributed by atoms with Crippen molar-refractivity contribution in [3.05, 3.63) is 29.8 Å². The molecule has 1 rings (SSSR count). The van der Waals surface area contributed by atoms with E-state index in [9.17, 15) is 9.59 Å². The maximum atomic E-state index is 11.3. The van der Waals surface area contributed by atoms with E-state index in [2.05, 4.69) is 10.3 Å². The lowest BCUT2D eigenvalue weighted by atomic mass is 10.1. The minimum Gasteiger partial charge on any atom is -0.399 e. The van der Waals surface area contributed by atoms with E-state index in [1.807, 2.05) is 0 Å². The van der Waals surface area contributed by atoms with Gasteiger partial charge in [-0.2, -0.15) is 0 Å². The van der Waals surface area contributed by atoms with Crippen molar-refractivity contribution in [2.24, 2.45) is 5.73 Å². The van der Waals surface area contributed by atoms with E-state index in [0.717, 1.165) is 5.56 Å². The van der Waals surface area contributed by atoms with Gasteiger partial charge in [-0.05, 0) is 17.7 Å². The normalized spacial score (nSPS) is 9.75. The second kappa shape index (κ2) is 5.72. The number of nitrogens with two attached hydrogens (primary N) is 2. The molecule has 5 N–H and O–H groups in total. The number of amides is 2. The Labute approximate surface area is 92.5 Å². The van der Waals surface area contributed by atoms with Crippen LogP contribution in [0.4, 0.5) is 5.69 Å². The Bertz CT molecular complexity index is 393. The van der Waals surface area contributed by atoms with Crippen molar-refractivity contribution < 1.29 is 14.4 Å². The van der Waals surface area contributed by atoms with Crippen LogP contribution in [-0.2, 0) is 20.8 Å². The monoisotopic (exact) mass is 223 g/mol. The molecule has 0 atom stereocenters. The Hall–Kier alpha value is -2.08. The fourth-order valence-electron chi connectivity index (χ4n) is 1.11. The average molecular weight is 223 g/mol. The van der Waals surface area contributed by atoms with Crippen molar-refractivity contribution in [3.63, 3.8) is 0 Å². The van der Waals surface area contributed by atoms with Crippen LogP contribution in [0.15, 0.2) is 24.3 Å². The van der Waals surface area contributed by atoms with Crippen molar-refractivity contribution in [2.75, 3.05) is 12.3 Å². The lowest BCUT2D eigenvalue weighted by Crippen LogP contribution is -2.30. The number of hydroxylamine groups is 1. The van der Waals surface area contributed by atoms with Gasteiger partial charge in [0.25, 0.3) is 0 Å². The highest BCUT2D eigenvalue weighted by atomic mass is 16.7. The van der Waals surface area contributed by atoms with Crippen molar-refractivity contribution in [1.29, 1.82) is 0 Å². The molecular formula is C10H13N3O3. The van der Waals surface area contributed by atoms with E-state index >= 15 is 0 Å². The first-order valence-electron chi connectivity index (χ1n) is 4.61. The van der Waals surface area contributed by atoms with Crippen LogP contribution in [0, 0.1) is 0 Å². The van der Waals surface area contributed by atoms with E-state index in [1.54, 1.807) is 24.3 Å². The van der Waals surface area contributed by atoms with Gasteiger partial charge in [-0.1, -0.05) is 12.1 Å². The lowest BCUT2D eigenvalue weighted by molar-refractivity contribution is -0.137. The molecule has 0 aliphatic carbocycles. The first-order chi connectivity index (χ1) is 7.58. The number of primary amides is 1. The van der Waals surface area contributed by atoms with Gasteiger partial charge >= 0.3 is 0 Å². The van der Waals surface area contributed by atoms with Crippen molar-refractivity contribution in [3.8, 4) is 0 Å². The van der Waals surface area contributed by atoms with Crippen LogP contribution in [0.2, 0.25) is 0 Å². The SMILES string of the molecule is NC(=O)CONC(=O)Cc1cccc(N)c1. The van der Waals surface area contributed by atoms with Gasteiger partial charge in [-0.25, -0.2) is 5.48 Å². The van der Waals surface area contributed by atoms with E-state index in [4.69, 9.17) is 11.5 Å². The number of nitrogen functional groups attached to an aromatic ring is 1. The molecule has 0 aromatic heterocycles. The topological polar surface area (TPSA) is 107 Å². The van der Waals surface area contributed by atoms with E-state index < -0.39 is 5.91 Å². The minimum atomic E-state index is -0.649. The Morgan fingerprint density at radius 3 is 2.75 bits per heavy atom. The molecule has 0 unspecified atom stereocenters. The quantitative estimate of drug-likeness (QED) is 0.455. The zero-order chi connectivity index (χ0) is 12.0. The molecule has 0 spiro atoms. The molecule has 6 nitrogen and oxygen atoms in total. The summed E-state index contributed by atoms with van der Waals surface area (Å²) in [5.41, 5.74) is 13.8. The third-order valence-corrected chi connectivity index (χ3v) is 1.72. The summed E-state index contributed by atoms with van der Waals surface area (Å²) in [6, 6.07) is 6.94. The largest absolute Gasteiger partial charge is 0.399 e. The molecule has 86 valence electrons. The van der Waals surface area contributed by atoms with Crippen LogP contribution in [-0.4, -0.2) is 18.4 Å². The molecule has 0 fully saturated rings. The van der Waals surface area contributed by atoms with Gasteiger partial charge in [0.1, 0.15) is 0 Å². The van der Waals surface area contributed by atoms with Gasteiger partial charge in [-0.15, -0.1) is 0 Å². The van der Waals surface area contributed by atoms with Crippen LogP contribution in [0.25, 0.3) is 0 Å². The summed E-state index contributed by atoms with van der Waals surface area (Å²) in [7, 11) is 0. The number of benzene rings is 1. The highest BCUT2D eigenvalue weighted by Gasteiger charge is 2.04. The Morgan fingerprint density at radius 1 is 1.38 bits per heavy atom. The molecule has 1 aromatic carbocycles. The molecular weight excluding hydrogens is 210 g/mol. The fraction of sp³-hybridized carbons (Fsp3) is 0.200. The van der Waals surface area contributed by atoms with E-state index in [1.165, 1.54) is 0 Å². The Kier molecular flexibility index (Phi) is 4.28. The third kappa shape index (κ3) is 4.43. The van der Waals surface area contributed by atoms with Crippen LogP contribution >= 0.6 is 0 Å². The molecule has 0 saturated carbocycles. The van der Waals surface area contributed by atoms with Gasteiger partial charge in [0.15, 0.2) is 6.61 Å². The molecule has 0 aliphatic rings. The summed E-state index contributed by atoms with van der Waals surface area (Å²) < 4.78 is 0. The van der Waals surface area contributed by atoms with Gasteiger partial charge in [-0.3, -0.25) is 14.4 Å². The zero-order valence-electron chi connectivity index (χ0n) is 8.60. The third-order valence-electron chi connectivity index (χ3n) is 1.72. The van der Waals surface area contributed by atoms with Gasteiger partial charge < -0.3 is 11.5 Å². The van der Waals surface area contributed by atoms with Crippen molar-refractivity contribution in [1.82, 2.24) is 5.48 Å². The second-order valence-electron chi connectivity index (χ2n) is 3.20. The highest BCUT2D eigenvalue weighted by Crippen LogP contribution is 2.06. The van der Waals surface area contributed by atoms with Gasteiger partial charge in [0, 0.05) is 5.69 Å². The summed E-state index contributed by atoms with van der Waals surface area (Å²) in [5.74, 6) is -1.02. The number of rotatable bonds is 5. The molecule has 16 heavy (non-hydrogen) atoms. The van der Waals surface area contributed by atoms with Gasteiger partial charge in [0.2, 0.25) is 11.8 Å². The van der Waals surface area contributed by atoms with Crippen LogP contribution in [0.1, 0.15) is 5.56 Å². The Balaban J connectivity index is 2.37. The molecule has 2 amide bonds. The van der Waals surface area contributed by atoms with Crippen LogP contribution in [0.5, 0.6) is 0 Å². The summed E-state index contributed by atoms with van der Waals surface area (Å²) >= 11 is 0. The molecule has 0 radical (unpaired) electrons. The maximum Gasteiger partial charge on any atom is 0.247 e. The smallest absolute Gasteiger partial charge is 0.247 e. The highest BCUT2D eigenvalue weighted by molar-refractivity contribution is 5.78. The Morgan fingerprint density at radius 2 is 2.12 bits per heavy atom. The number of nitrogens with one attached hydrogen (secondary N) is 1. The van der Waals surface area contributed by atoms with Gasteiger partial charge in [0.05, 0.1) is 6.42 Å². The zero-order valence-corrected chi connectivity index (χ0v) is 8.60. The standard InChI is InChI=1S/C10H13N3O3/c11-8-3-1-2-7(4-8)5-10(15)13-16-6-9(12)14/h1-4H,5-6,11H2,(H2,12,14)(H,13,15). The van der Waals surface area contributed by atoms with E-state index in [-0.39, 0.29) is 18.9 Å². The number of carbonyl (C=O) groups excluding carboxylic acids is 2. The second-order valence-corrected chi connectivity index (χ2v) is 3.20. The van der Waals surface area contributed by atoms with Crippen LogP contribution < -0.4 is 16.9 Å². The van der Waals surface area contributed by atoms with E-state index in [0.29, 0.717) is 5.69 Å². The van der Waals surface area contributed by atoms with Crippen molar-refractivity contribution in [2.45, 2.75) is 6.42 Å². The van der Waals surface area contributed by atoms with Crippen LogP contribution in [0.3, 0.4) is 0 Å². The lowest BCUT2D eigenvalue weighted by Gasteiger charge is -2.04. The summed E-state index contributed by atoms with van der Waals surface area (Å²) in [5, 5.41) is 0. The summed E-state index contributed by atoms with van der Waals surface area (Å²) in [4.78, 5) is 26.1. The fourth-order valence-corrected chi connectivity index (χ4v) is 1.11. The number of carbonyl (C=O) groups is 2.